The minimum absolute atomic E-state index is 0.0514. The van der Waals surface area contributed by atoms with Crippen molar-refractivity contribution >= 4 is 17.7 Å². The molecule has 0 aliphatic carbocycles. The summed E-state index contributed by atoms with van der Waals surface area (Å²) in [6.07, 6.45) is 0. The summed E-state index contributed by atoms with van der Waals surface area (Å²) in [4.78, 5) is 36.7. The van der Waals surface area contributed by atoms with Crippen molar-refractivity contribution in [2.75, 3.05) is 26.3 Å². The summed E-state index contributed by atoms with van der Waals surface area (Å²) in [7, 11) is 0. The molecule has 1 aliphatic rings. The fourth-order valence-corrected chi connectivity index (χ4v) is 1.77. The molecule has 1 rings (SSSR count). The molecular weight excluding hydrogens is 264 g/mol. The monoisotopic (exact) mass is 282 g/mol. The lowest BCUT2D eigenvalue weighted by molar-refractivity contribution is -0.155. The van der Waals surface area contributed by atoms with E-state index in [2.05, 4.69) is 10.6 Å². The van der Waals surface area contributed by atoms with E-state index in [0.717, 1.165) is 0 Å². The summed E-state index contributed by atoms with van der Waals surface area (Å²) in [6, 6.07) is 0.807. The molecule has 1 atom stereocenters. The first-order valence-corrected chi connectivity index (χ1v) is 6.31. The van der Waals surface area contributed by atoms with Gasteiger partial charge in [0.05, 0.1) is 19.3 Å². The van der Waals surface area contributed by atoms with Crippen molar-refractivity contribution in [2.45, 2.75) is 25.9 Å². The van der Waals surface area contributed by atoms with Gasteiger partial charge in [-0.3, -0.25) is 14.4 Å². The zero-order chi connectivity index (χ0) is 15.1. The lowest BCUT2D eigenvalue weighted by Gasteiger charge is -2.34. The molecule has 1 heterocycles. The van der Waals surface area contributed by atoms with Gasteiger partial charge in [0.2, 0.25) is 5.91 Å². The SMILES string of the molecule is CC(C)NC(=O)C1COCCN1C(=O)C(=O)NCC#N. The number of morpholine rings is 1. The maximum atomic E-state index is 12.0. The predicted octanol–water partition coefficient (Wildman–Crippen LogP) is -1.62. The molecular formula is C12H18N4O4. The Hall–Kier alpha value is -2.14. The zero-order valence-electron chi connectivity index (χ0n) is 11.5. The van der Waals surface area contributed by atoms with E-state index in [9.17, 15) is 14.4 Å². The number of nitrogens with one attached hydrogen (secondary N) is 2. The van der Waals surface area contributed by atoms with E-state index >= 15 is 0 Å². The highest BCUT2D eigenvalue weighted by Gasteiger charge is 2.35. The van der Waals surface area contributed by atoms with Gasteiger partial charge in [-0.2, -0.15) is 5.26 Å². The number of hydrogen-bond acceptors (Lipinski definition) is 5. The third-order valence-electron chi connectivity index (χ3n) is 2.65. The Labute approximate surface area is 117 Å². The Morgan fingerprint density at radius 2 is 2.15 bits per heavy atom. The number of amides is 3. The molecule has 20 heavy (non-hydrogen) atoms. The average Bonchev–Trinajstić information content (AvgIpc) is 2.43. The third-order valence-corrected chi connectivity index (χ3v) is 2.65. The molecule has 1 fully saturated rings. The molecule has 8 nitrogen and oxygen atoms in total. The highest BCUT2D eigenvalue weighted by molar-refractivity contribution is 6.35. The normalized spacial score (nSPS) is 18.3. The Morgan fingerprint density at radius 3 is 2.75 bits per heavy atom. The first-order valence-electron chi connectivity index (χ1n) is 6.31. The minimum atomic E-state index is -0.893. The van der Waals surface area contributed by atoms with Gasteiger partial charge in [-0.25, -0.2) is 0 Å². The number of carbonyl (C=O) groups excluding carboxylic acids is 3. The van der Waals surface area contributed by atoms with Crippen molar-refractivity contribution in [3.63, 3.8) is 0 Å². The molecule has 2 N–H and O–H groups in total. The lowest BCUT2D eigenvalue weighted by Crippen LogP contribution is -2.59. The van der Waals surface area contributed by atoms with Crippen LogP contribution in [-0.4, -0.2) is 61.0 Å². The van der Waals surface area contributed by atoms with E-state index in [1.807, 2.05) is 0 Å². The maximum Gasteiger partial charge on any atom is 0.312 e. The quantitative estimate of drug-likeness (QED) is 0.477. The lowest BCUT2D eigenvalue weighted by atomic mass is 10.2. The fraction of sp³-hybridized carbons (Fsp3) is 0.667. The largest absolute Gasteiger partial charge is 0.377 e. The standard InChI is InChI=1S/C12H18N4O4/c1-8(2)15-10(17)9-7-20-6-5-16(9)12(19)11(18)14-4-3-13/h8-9H,4-7H2,1-2H3,(H,14,18)(H,15,17). The fourth-order valence-electron chi connectivity index (χ4n) is 1.77. The summed E-state index contributed by atoms with van der Waals surface area (Å²) < 4.78 is 5.19. The summed E-state index contributed by atoms with van der Waals surface area (Å²) in [5.74, 6) is -2.08. The van der Waals surface area contributed by atoms with Crippen molar-refractivity contribution < 1.29 is 19.1 Å². The molecule has 0 bridgehead atoms. The van der Waals surface area contributed by atoms with E-state index in [-0.39, 0.29) is 38.3 Å². The molecule has 8 heteroatoms. The second kappa shape index (κ2) is 7.45. The van der Waals surface area contributed by atoms with Crippen LogP contribution in [0.3, 0.4) is 0 Å². The van der Waals surface area contributed by atoms with Gasteiger partial charge in [-0.15, -0.1) is 0 Å². The van der Waals surface area contributed by atoms with E-state index in [1.54, 1.807) is 19.9 Å². The van der Waals surface area contributed by atoms with Crippen LogP contribution in [0.1, 0.15) is 13.8 Å². The molecule has 0 aromatic rings. The van der Waals surface area contributed by atoms with Crippen LogP contribution in [0.2, 0.25) is 0 Å². The van der Waals surface area contributed by atoms with Gasteiger partial charge in [0.1, 0.15) is 12.6 Å². The first-order chi connectivity index (χ1) is 9.47. The van der Waals surface area contributed by atoms with Crippen molar-refractivity contribution in [3.8, 4) is 6.07 Å². The Bertz CT molecular complexity index is 430. The molecule has 1 aliphatic heterocycles. The zero-order valence-corrected chi connectivity index (χ0v) is 11.5. The minimum Gasteiger partial charge on any atom is -0.377 e. The van der Waals surface area contributed by atoms with E-state index < -0.39 is 17.9 Å². The number of ether oxygens (including phenoxy) is 1. The molecule has 0 aromatic heterocycles. The van der Waals surface area contributed by atoms with Gasteiger partial charge in [-0.05, 0) is 13.8 Å². The highest BCUT2D eigenvalue weighted by atomic mass is 16.5. The van der Waals surface area contributed by atoms with Crippen LogP contribution in [0.4, 0.5) is 0 Å². The van der Waals surface area contributed by atoms with Gasteiger partial charge < -0.3 is 20.3 Å². The Kier molecular flexibility index (Phi) is 5.93. The van der Waals surface area contributed by atoms with E-state index in [4.69, 9.17) is 10.00 Å². The predicted molar refractivity (Wildman–Crippen MR) is 68.2 cm³/mol. The van der Waals surface area contributed by atoms with Crippen LogP contribution in [0.5, 0.6) is 0 Å². The van der Waals surface area contributed by atoms with Crippen LogP contribution >= 0.6 is 0 Å². The van der Waals surface area contributed by atoms with Crippen LogP contribution in [0.15, 0.2) is 0 Å². The summed E-state index contributed by atoms with van der Waals surface area (Å²) >= 11 is 0. The highest BCUT2D eigenvalue weighted by Crippen LogP contribution is 2.08. The number of hydrogen-bond donors (Lipinski definition) is 2. The van der Waals surface area contributed by atoms with Crippen LogP contribution in [0, 0.1) is 11.3 Å². The van der Waals surface area contributed by atoms with Crippen molar-refractivity contribution in [1.29, 1.82) is 5.26 Å². The maximum absolute atomic E-state index is 12.0. The van der Waals surface area contributed by atoms with Gasteiger partial charge in [0, 0.05) is 12.6 Å². The molecule has 0 aromatic carbocycles. The number of nitriles is 1. The summed E-state index contributed by atoms with van der Waals surface area (Å²) in [6.45, 7) is 3.83. The van der Waals surface area contributed by atoms with Gasteiger partial charge in [-0.1, -0.05) is 0 Å². The first kappa shape index (κ1) is 15.9. The molecule has 3 amide bonds. The molecule has 1 unspecified atom stereocenters. The molecule has 0 saturated carbocycles. The van der Waals surface area contributed by atoms with Crippen molar-refractivity contribution in [2.24, 2.45) is 0 Å². The van der Waals surface area contributed by atoms with E-state index in [0.29, 0.717) is 0 Å². The number of nitrogens with zero attached hydrogens (tertiary/aromatic N) is 2. The van der Waals surface area contributed by atoms with Gasteiger partial charge in [0.15, 0.2) is 0 Å². The number of rotatable bonds is 3. The second-order valence-electron chi connectivity index (χ2n) is 4.59. The van der Waals surface area contributed by atoms with Crippen LogP contribution < -0.4 is 10.6 Å². The second-order valence-corrected chi connectivity index (χ2v) is 4.59. The molecule has 110 valence electrons. The van der Waals surface area contributed by atoms with Gasteiger partial charge >= 0.3 is 11.8 Å². The van der Waals surface area contributed by atoms with Crippen molar-refractivity contribution in [3.05, 3.63) is 0 Å². The summed E-state index contributed by atoms with van der Waals surface area (Å²) in [5, 5.41) is 13.2. The smallest absolute Gasteiger partial charge is 0.312 e. The van der Waals surface area contributed by atoms with Gasteiger partial charge in [0.25, 0.3) is 0 Å². The molecule has 0 spiro atoms. The van der Waals surface area contributed by atoms with Crippen molar-refractivity contribution in [1.82, 2.24) is 15.5 Å². The summed E-state index contributed by atoms with van der Waals surface area (Å²) in [5.41, 5.74) is 0. The molecule has 1 saturated heterocycles. The Morgan fingerprint density at radius 1 is 1.45 bits per heavy atom. The topological polar surface area (TPSA) is 112 Å². The Balaban J connectivity index is 2.73. The molecule has 0 radical (unpaired) electrons. The van der Waals surface area contributed by atoms with Crippen LogP contribution in [0.25, 0.3) is 0 Å². The average molecular weight is 282 g/mol. The third kappa shape index (κ3) is 4.20. The van der Waals surface area contributed by atoms with Crippen LogP contribution in [-0.2, 0) is 19.1 Å². The van der Waals surface area contributed by atoms with E-state index in [1.165, 1.54) is 4.90 Å². The number of carbonyl (C=O) groups is 3.